The molecule has 0 saturated heterocycles. The maximum absolute atomic E-state index is 13.1. The Hall–Kier alpha value is -2.08. The first-order chi connectivity index (χ1) is 11.7. The second-order valence-electron chi connectivity index (χ2n) is 6.30. The Kier molecular flexibility index (Phi) is 3.92. The Labute approximate surface area is 143 Å². The van der Waals surface area contributed by atoms with Gasteiger partial charge in [0.1, 0.15) is 10.6 Å². The van der Waals surface area contributed by atoms with Gasteiger partial charge in [-0.05, 0) is 49.8 Å². The molecular formula is C18H20N2O3S. The van der Waals surface area contributed by atoms with Crippen LogP contribution in [0.25, 0.3) is 10.2 Å². The molecule has 5 nitrogen and oxygen atoms in total. The molecule has 0 spiro atoms. The highest BCUT2D eigenvalue weighted by Gasteiger charge is 2.23. The van der Waals surface area contributed by atoms with E-state index in [1.165, 1.54) is 21.4 Å². The minimum atomic E-state index is -0.232. The molecule has 3 heterocycles. The number of fused-ring (bicyclic) bond motifs is 3. The lowest BCUT2D eigenvalue weighted by atomic mass is 9.97. The van der Waals surface area contributed by atoms with Crippen LogP contribution in [0.2, 0.25) is 0 Å². The largest absolute Gasteiger partial charge is 0.467 e. The third kappa shape index (κ3) is 2.36. The van der Waals surface area contributed by atoms with E-state index in [0.717, 1.165) is 35.9 Å². The molecule has 0 saturated carbocycles. The molecule has 0 fully saturated rings. The van der Waals surface area contributed by atoms with Crippen molar-refractivity contribution in [3.63, 3.8) is 0 Å². The highest BCUT2D eigenvalue weighted by atomic mass is 32.1. The van der Waals surface area contributed by atoms with Crippen LogP contribution < -0.4 is 11.2 Å². The number of rotatable bonds is 4. The summed E-state index contributed by atoms with van der Waals surface area (Å²) in [7, 11) is 0. The second kappa shape index (κ2) is 6.09. The van der Waals surface area contributed by atoms with Gasteiger partial charge in [-0.1, -0.05) is 6.92 Å². The predicted molar refractivity (Wildman–Crippen MR) is 95.1 cm³/mol. The zero-order valence-corrected chi connectivity index (χ0v) is 14.5. The van der Waals surface area contributed by atoms with Crippen molar-refractivity contribution in [2.75, 3.05) is 0 Å². The van der Waals surface area contributed by atoms with Crippen LogP contribution in [0.5, 0.6) is 0 Å². The van der Waals surface area contributed by atoms with Gasteiger partial charge in [-0.2, -0.15) is 0 Å². The van der Waals surface area contributed by atoms with Crippen molar-refractivity contribution in [1.29, 1.82) is 0 Å². The van der Waals surface area contributed by atoms with Gasteiger partial charge in [0.15, 0.2) is 0 Å². The number of hydrogen-bond acceptors (Lipinski definition) is 4. The molecule has 126 valence electrons. The third-order valence-corrected chi connectivity index (χ3v) is 5.97. The van der Waals surface area contributed by atoms with Crippen molar-refractivity contribution >= 4 is 21.6 Å². The number of aryl methyl sites for hydroxylation is 3. The van der Waals surface area contributed by atoms with Crippen molar-refractivity contribution < 1.29 is 4.42 Å². The SMILES string of the molecule is CCCn1c(=O)n(Cc2ccco2)c(=O)c2c3c(sc21)CCCC3. The molecular weight excluding hydrogens is 324 g/mol. The number of aromatic nitrogens is 2. The normalized spacial score (nSPS) is 14.2. The minimum Gasteiger partial charge on any atom is -0.467 e. The number of hydrogen-bond donors (Lipinski definition) is 0. The van der Waals surface area contributed by atoms with E-state index in [9.17, 15) is 9.59 Å². The fraction of sp³-hybridized carbons (Fsp3) is 0.444. The summed E-state index contributed by atoms with van der Waals surface area (Å²) in [6.07, 6.45) is 6.66. The van der Waals surface area contributed by atoms with Crippen LogP contribution >= 0.6 is 11.3 Å². The number of thiophene rings is 1. The molecule has 4 rings (SSSR count). The van der Waals surface area contributed by atoms with Gasteiger partial charge in [0.05, 0.1) is 18.2 Å². The molecule has 0 atom stereocenters. The van der Waals surface area contributed by atoms with E-state index < -0.39 is 0 Å². The van der Waals surface area contributed by atoms with Gasteiger partial charge in [0.25, 0.3) is 5.56 Å². The fourth-order valence-electron chi connectivity index (χ4n) is 3.54. The van der Waals surface area contributed by atoms with E-state index in [4.69, 9.17) is 4.42 Å². The van der Waals surface area contributed by atoms with E-state index in [2.05, 4.69) is 0 Å². The van der Waals surface area contributed by atoms with Gasteiger partial charge in [0.2, 0.25) is 0 Å². The van der Waals surface area contributed by atoms with Crippen molar-refractivity contribution in [2.45, 2.75) is 52.1 Å². The Balaban J connectivity index is 2.02. The first kappa shape index (κ1) is 15.4. The maximum Gasteiger partial charge on any atom is 0.332 e. The molecule has 3 aromatic heterocycles. The van der Waals surface area contributed by atoms with E-state index in [0.29, 0.717) is 12.3 Å². The van der Waals surface area contributed by atoms with Gasteiger partial charge in [-0.15, -0.1) is 11.3 Å². The van der Waals surface area contributed by atoms with Gasteiger partial charge in [-0.3, -0.25) is 13.9 Å². The molecule has 1 aliphatic carbocycles. The summed E-state index contributed by atoms with van der Waals surface area (Å²) >= 11 is 1.64. The zero-order valence-electron chi connectivity index (χ0n) is 13.7. The number of nitrogens with zero attached hydrogens (tertiary/aromatic N) is 2. The molecule has 0 radical (unpaired) electrons. The van der Waals surface area contributed by atoms with Crippen LogP contribution in [-0.2, 0) is 25.9 Å². The molecule has 24 heavy (non-hydrogen) atoms. The highest BCUT2D eigenvalue weighted by Crippen LogP contribution is 2.34. The van der Waals surface area contributed by atoms with Crippen LogP contribution in [0.4, 0.5) is 0 Å². The molecule has 0 amide bonds. The summed E-state index contributed by atoms with van der Waals surface area (Å²) < 4.78 is 8.46. The molecule has 0 aromatic carbocycles. The average Bonchev–Trinajstić information content (AvgIpc) is 3.22. The predicted octanol–water partition coefficient (Wildman–Crippen LogP) is 3.15. The molecule has 6 heteroatoms. The van der Waals surface area contributed by atoms with E-state index in [1.54, 1.807) is 34.3 Å². The lowest BCUT2D eigenvalue weighted by molar-refractivity contribution is 0.476. The fourth-order valence-corrected chi connectivity index (χ4v) is 4.93. The summed E-state index contributed by atoms with van der Waals surface area (Å²) in [6.45, 7) is 2.87. The first-order valence-electron chi connectivity index (χ1n) is 8.51. The maximum atomic E-state index is 13.1. The van der Waals surface area contributed by atoms with Crippen LogP contribution in [0.3, 0.4) is 0 Å². The zero-order chi connectivity index (χ0) is 16.7. The van der Waals surface area contributed by atoms with E-state index in [1.807, 2.05) is 6.92 Å². The molecule has 0 unspecified atom stereocenters. The van der Waals surface area contributed by atoms with Crippen LogP contribution in [-0.4, -0.2) is 9.13 Å². The summed E-state index contributed by atoms with van der Waals surface area (Å²) in [4.78, 5) is 28.1. The third-order valence-electron chi connectivity index (χ3n) is 4.66. The van der Waals surface area contributed by atoms with Crippen LogP contribution in [0.1, 0.15) is 42.4 Å². The van der Waals surface area contributed by atoms with E-state index in [-0.39, 0.29) is 17.8 Å². The molecule has 3 aromatic rings. The lowest BCUT2D eigenvalue weighted by Crippen LogP contribution is -2.40. The quantitative estimate of drug-likeness (QED) is 0.730. The number of furan rings is 1. The second-order valence-corrected chi connectivity index (χ2v) is 7.38. The lowest BCUT2D eigenvalue weighted by Gasteiger charge is -2.12. The van der Waals surface area contributed by atoms with Crippen molar-refractivity contribution in [1.82, 2.24) is 9.13 Å². The van der Waals surface area contributed by atoms with Gasteiger partial charge >= 0.3 is 5.69 Å². The van der Waals surface area contributed by atoms with Crippen molar-refractivity contribution in [3.05, 3.63) is 55.4 Å². The van der Waals surface area contributed by atoms with Crippen molar-refractivity contribution in [3.8, 4) is 0 Å². The Morgan fingerprint density at radius 2 is 2.04 bits per heavy atom. The van der Waals surface area contributed by atoms with Gasteiger partial charge in [0, 0.05) is 11.4 Å². The van der Waals surface area contributed by atoms with Crippen LogP contribution in [0, 0.1) is 0 Å². The molecule has 0 N–H and O–H groups in total. The molecule has 0 aliphatic heterocycles. The smallest absolute Gasteiger partial charge is 0.332 e. The Morgan fingerprint density at radius 3 is 2.79 bits per heavy atom. The highest BCUT2D eigenvalue weighted by molar-refractivity contribution is 7.18. The summed E-state index contributed by atoms with van der Waals surface area (Å²) in [6, 6.07) is 3.57. The van der Waals surface area contributed by atoms with Crippen molar-refractivity contribution in [2.24, 2.45) is 0 Å². The topological polar surface area (TPSA) is 57.1 Å². The standard InChI is InChI=1S/C18H20N2O3S/c1-2-9-19-17-15(13-7-3-4-8-14(13)24-17)16(21)20(18(19)22)11-12-6-5-10-23-12/h5-6,10H,2-4,7-9,11H2,1H3. The minimum absolute atomic E-state index is 0.168. The van der Waals surface area contributed by atoms with Gasteiger partial charge < -0.3 is 4.42 Å². The summed E-state index contributed by atoms with van der Waals surface area (Å²) in [5.41, 5.74) is 0.770. The van der Waals surface area contributed by atoms with E-state index >= 15 is 0 Å². The monoisotopic (exact) mass is 344 g/mol. The first-order valence-corrected chi connectivity index (χ1v) is 9.32. The Bertz CT molecular complexity index is 992. The summed E-state index contributed by atoms with van der Waals surface area (Å²) in [5.74, 6) is 0.626. The molecule has 1 aliphatic rings. The Morgan fingerprint density at radius 1 is 1.21 bits per heavy atom. The molecule has 0 bridgehead atoms. The summed E-state index contributed by atoms with van der Waals surface area (Å²) in [5, 5.41) is 0.759. The average molecular weight is 344 g/mol. The van der Waals surface area contributed by atoms with Crippen LogP contribution in [0.15, 0.2) is 32.4 Å². The van der Waals surface area contributed by atoms with Gasteiger partial charge in [-0.25, -0.2) is 4.79 Å².